The van der Waals surface area contributed by atoms with Crippen LogP contribution in [0, 0.1) is 5.82 Å². The second kappa shape index (κ2) is 5.84. The van der Waals surface area contributed by atoms with E-state index in [-0.39, 0.29) is 12.4 Å². The average molecular weight is 324 g/mol. The molecular formula is C14H11BrFNO2. The fraction of sp³-hybridized carbons (Fsp3) is 0.0714. The molecule has 0 atom stereocenters. The predicted molar refractivity (Wildman–Crippen MR) is 74.1 cm³/mol. The highest BCUT2D eigenvalue weighted by molar-refractivity contribution is 9.10. The van der Waals surface area contributed by atoms with Crippen LogP contribution in [0.2, 0.25) is 0 Å². The summed E-state index contributed by atoms with van der Waals surface area (Å²) in [6.07, 6.45) is 0. The van der Waals surface area contributed by atoms with Crippen LogP contribution in [0.4, 0.5) is 10.1 Å². The number of benzene rings is 2. The lowest BCUT2D eigenvalue weighted by molar-refractivity contribution is 0.0471. The van der Waals surface area contributed by atoms with Crippen molar-refractivity contribution in [2.75, 3.05) is 5.73 Å². The standard InChI is InChI=1S/C14H11BrFNO2/c15-13-5-4-11(17)7-12(13)14(18)19-8-9-2-1-3-10(16)6-9/h1-7H,8,17H2. The van der Waals surface area contributed by atoms with Gasteiger partial charge < -0.3 is 10.5 Å². The molecule has 0 unspecified atom stereocenters. The van der Waals surface area contributed by atoms with Crippen LogP contribution in [-0.2, 0) is 11.3 Å². The molecule has 2 rings (SSSR count). The number of rotatable bonds is 3. The lowest BCUT2D eigenvalue weighted by atomic mass is 10.2. The van der Waals surface area contributed by atoms with Crippen LogP contribution in [0.15, 0.2) is 46.9 Å². The number of carbonyl (C=O) groups excluding carboxylic acids is 1. The lowest BCUT2D eigenvalue weighted by Crippen LogP contribution is -2.07. The first-order valence-electron chi connectivity index (χ1n) is 5.53. The Morgan fingerprint density at radius 1 is 1.26 bits per heavy atom. The van der Waals surface area contributed by atoms with Gasteiger partial charge in [-0.3, -0.25) is 0 Å². The van der Waals surface area contributed by atoms with Gasteiger partial charge in [-0.1, -0.05) is 12.1 Å². The minimum Gasteiger partial charge on any atom is -0.457 e. The van der Waals surface area contributed by atoms with Crippen molar-refractivity contribution in [2.24, 2.45) is 0 Å². The smallest absolute Gasteiger partial charge is 0.339 e. The topological polar surface area (TPSA) is 52.3 Å². The van der Waals surface area contributed by atoms with E-state index in [1.807, 2.05) is 0 Å². The van der Waals surface area contributed by atoms with Crippen molar-refractivity contribution in [1.82, 2.24) is 0 Å². The fourth-order valence-corrected chi connectivity index (χ4v) is 1.96. The molecule has 0 aliphatic heterocycles. The molecule has 2 aromatic carbocycles. The van der Waals surface area contributed by atoms with Gasteiger partial charge in [0.2, 0.25) is 0 Å². The van der Waals surface area contributed by atoms with Gasteiger partial charge in [0.15, 0.2) is 0 Å². The largest absolute Gasteiger partial charge is 0.457 e. The molecule has 0 aliphatic rings. The third-order valence-electron chi connectivity index (χ3n) is 2.47. The Morgan fingerprint density at radius 2 is 2.05 bits per heavy atom. The van der Waals surface area contributed by atoms with Crippen molar-refractivity contribution >= 4 is 27.6 Å². The van der Waals surface area contributed by atoms with E-state index < -0.39 is 5.97 Å². The number of halogens is 2. The van der Waals surface area contributed by atoms with E-state index in [4.69, 9.17) is 10.5 Å². The molecule has 3 nitrogen and oxygen atoms in total. The van der Waals surface area contributed by atoms with Crippen LogP contribution < -0.4 is 5.73 Å². The van der Waals surface area contributed by atoms with E-state index in [2.05, 4.69) is 15.9 Å². The minimum atomic E-state index is -0.511. The van der Waals surface area contributed by atoms with E-state index in [1.54, 1.807) is 24.3 Å². The SMILES string of the molecule is Nc1ccc(Br)c(C(=O)OCc2cccc(F)c2)c1. The number of nitrogens with two attached hydrogens (primary N) is 1. The van der Waals surface area contributed by atoms with Crippen molar-refractivity contribution < 1.29 is 13.9 Å². The van der Waals surface area contributed by atoms with Gasteiger partial charge in [-0.15, -0.1) is 0 Å². The molecule has 5 heteroatoms. The zero-order chi connectivity index (χ0) is 13.8. The van der Waals surface area contributed by atoms with Gasteiger partial charge >= 0.3 is 5.97 Å². The van der Waals surface area contributed by atoms with E-state index in [0.29, 0.717) is 21.3 Å². The van der Waals surface area contributed by atoms with Crippen LogP contribution >= 0.6 is 15.9 Å². The second-order valence-corrected chi connectivity index (χ2v) is 4.80. The van der Waals surface area contributed by atoms with Crippen LogP contribution in [0.25, 0.3) is 0 Å². The Bertz CT molecular complexity index is 616. The first-order chi connectivity index (χ1) is 9.06. The molecule has 0 saturated carbocycles. The zero-order valence-electron chi connectivity index (χ0n) is 9.90. The minimum absolute atomic E-state index is 0.0117. The van der Waals surface area contributed by atoms with Crippen molar-refractivity contribution in [3.05, 3.63) is 63.9 Å². The summed E-state index contributed by atoms with van der Waals surface area (Å²) in [5.41, 5.74) is 7.02. The number of hydrogen-bond acceptors (Lipinski definition) is 3. The number of hydrogen-bond donors (Lipinski definition) is 1. The van der Waals surface area contributed by atoms with E-state index in [0.717, 1.165) is 0 Å². The maximum atomic E-state index is 13.0. The molecule has 19 heavy (non-hydrogen) atoms. The third-order valence-corrected chi connectivity index (χ3v) is 3.16. The van der Waals surface area contributed by atoms with Gasteiger partial charge in [-0.25, -0.2) is 9.18 Å². The molecule has 0 fully saturated rings. The van der Waals surface area contributed by atoms with Gasteiger partial charge in [0.25, 0.3) is 0 Å². The Balaban J connectivity index is 2.07. The molecule has 2 aromatic rings. The summed E-state index contributed by atoms with van der Waals surface area (Å²) >= 11 is 3.25. The Kier molecular flexibility index (Phi) is 4.16. The summed E-state index contributed by atoms with van der Waals surface area (Å²) in [5.74, 6) is -0.873. The summed E-state index contributed by atoms with van der Waals surface area (Å²) in [4.78, 5) is 11.9. The number of esters is 1. The molecule has 98 valence electrons. The highest BCUT2D eigenvalue weighted by Gasteiger charge is 2.12. The molecule has 0 heterocycles. The molecule has 0 aromatic heterocycles. The number of ether oxygens (including phenoxy) is 1. The zero-order valence-corrected chi connectivity index (χ0v) is 11.5. The summed E-state index contributed by atoms with van der Waals surface area (Å²) in [5, 5.41) is 0. The van der Waals surface area contributed by atoms with E-state index >= 15 is 0 Å². The lowest BCUT2D eigenvalue weighted by Gasteiger charge is -2.07. The predicted octanol–water partition coefficient (Wildman–Crippen LogP) is 3.53. The molecule has 0 aliphatic carbocycles. The van der Waals surface area contributed by atoms with Crippen molar-refractivity contribution in [2.45, 2.75) is 6.61 Å². The number of anilines is 1. The van der Waals surface area contributed by atoms with Crippen molar-refractivity contribution in [1.29, 1.82) is 0 Å². The fourth-order valence-electron chi connectivity index (χ4n) is 1.55. The maximum Gasteiger partial charge on any atom is 0.339 e. The van der Waals surface area contributed by atoms with Crippen LogP contribution in [0.3, 0.4) is 0 Å². The van der Waals surface area contributed by atoms with Gasteiger partial charge in [-0.05, 0) is 51.8 Å². The second-order valence-electron chi connectivity index (χ2n) is 3.95. The Labute approximate surface area is 118 Å². The van der Waals surface area contributed by atoms with Gasteiger partial charge in [0.05, 0.1) is 5.56 Å². The van der Waals surface area contributed by atoms with Crippen LogP contribution in [0.1, 0.15) is 15.9 Å². The van der Waals surface area contributed by atoms with Crippen LogP contribution in [0.5, 0.6) is 0 Å². The first-order valence-corrected chi connectivity index (χ1v) is 6.32. The number of carbonyl (C=O) groups is 1. The van der Waals surface area contributed by atoms with Gasteiger partial charge in [-0.2, -0.15) is 0 Å². The first kappa shape index (κ1) is 13.5. The van der Waals surface area contributed by atoms with Crippen molar-refractivity contribution in [3.8, 4) is 0 Å². The molecule has 2 N–H and O–H groups in total. The number of nitrogen functional groups attached to an aromatic ring is 1. The Morgan fingerprint density at radius 3 is 2.79 bits per heavy atom. The molecule has 0 saturated heterocycles. The quantitative estimate of drug-likeness (QED) is 0.694. The molecular weight excluding hydrogens is 313 g/mol. The summed E-state index contributed by atoms with van der Waals surface area (Å²) < 4.78 is 18.7. The third kappa shape index (κ3) is 3.54. The monoisotopic (exact) mass is 323 g/mol. The highest BCUT2D eigenvalue weighted by atomic mass is 79.9. The molecule has 0 bridgehead atoms. The van der Waals surface area contributed by atoms with E-state index in [9.17, 15) is 9.18 Å². The normalized spacial score (nSPS) is 10.2. The molecule has 0 amide bonds. The molecule has 0 radical (unpaired) electrons. The molecule has 0 spiro atoms. The maximum absolute atomic E-state index is 13.0. The summed E-state index contributed by atoms with van der Waals surface area (Å²) in [7, 11) is 0. The average Bonchev–Trinajstić information content (AvgIpc) is 2.39. The van der Waals surface area contributed by atoms with Crippen molar-refractivity contribution in [3.63, 3.8) is 0 Å². The van der Waals surface area contributed by atoms with Gasteiger partial charge in [0.1, 0.15) is 12.4 Å². The highest BCUT2D eigenvalue weighted by Crippen LogP contribution is 2.21. The van der Waals surface area contributed by atoms with E-state index in [1.165, 1.54) is 18.2 Å². The van der Waals surface area contributed by atoms with Gasteiger partial charge in [0, 0.05) is 10.2 Å². The van der Waals surface area contributed by atoms with Crippen LogP contribution in [-0.4, -0.2) is 5.97 Å². The summed E-state index contributed by atoms with van der Waals surface area (Å²) in [6.45, 7) is 0.0117. The Hall–Kier alpha value is -1.88. The summed E-state index contributed by atoms with van der Waals surface area (Å²) in [6, 6.07) is 10.8.